The smallest absolute Gasteiger partial charge is 0.302 e. The van der Waals surface area contributed by atoms with Crippen molar-refractivity contribution in [3.63, 3.8) is 0 Å². The lowest BCUT2D eigenvalue weighted by molar-refractivity contribution is -0.236. The second kappa shape index (κ2) is 7.88. The number of hydrogen-bond acceptors (Lipinski definition) is 6. The van der Waals surface area contributed by atoms with E-state index in [1.165, 1.54) is 26.3 Å². The largest absolute Gasteiger partial charge is 0.465 e. The van der Waals surface area contributed by atoms with Gasteiger partial charge in [-0.25, -0.2) is 0 Å². The number of carbonyl (C=O) groups is 3. The summed E-state index contributed by atoms with van der Waals surface area (Å²) in [4.78, 5) is 35.9. The van der Waals surface area contributed by atoms with Gasteiger partial charge in [-0.2, -0.15) is 0 Å². The molecule has 4 aliphatic carbocycles. The third-order valence-corrected chi connectivity index (χ3v) is 9.51. The van der Waals surface area contributed by atoms with Gasteiger partial charge in [0, 0.05) is 31.6 Å². The number of ether oxygens (including phenoxy) is 3. The van der Waals surface area contributed by atoms with Crippen LogP contribution >= 0.6 is 0 Å². The van der Waals surface area contributed by atoms with Gasteiger partial charge in [0.1, 0.15) is 18.8 Å². The van der Waals surface area contributed by atoms with Crippen molar-refractivity contribution in [2.75, 3.05) is 6.61 Å². The highest BCUT2D eigenvalue weighted by Crippen LogP contribution is 2.71. The Balaban J connectivity index is 1.79. The van der Waals surface area contributed by atoms with Crippen molar-refractivity contribution in [3.05, 3.63) is 11.6 Å². The van der Waals surface area contributed by atoms with Crippen LogP contribution in [0.15, 0.2) is 11.6 Å². The molecule has 4 rings (SSSR count). The zero-order valence-electron chi connectivity index (χ0n) is 20.4. The summed E-state index contributed by atoms with van der Waals surface area (Å²) >= 11 is 0. The molecule has 4 aliphatic rings. The van der Waals surface area contributed by atoms with Gasteiger partial charge >= 0.3 is 17.9 Å². The third kappa shape index (κ3) is 3.49. The first-order chi connectivity index (χ1) is 14.9. The fourth-order valence-corrected chi connectivity index (χ4v) is 8.31. The van der Waals surface area contributed by atoms with Crippen LogP contribution in [-0.2, 0) is 28.6 Å². The zero-order chi connectivity index (χ0) is 23.5. The first kappa shape index (κ1) is 23.3. The van der Waals surface area contributed by atoms with Crippen LogP contribution in [-0.4, -0.2) is 36.7 Å². The number of carbonyl (C=O) groups excluding carboxylic acids is 3. The normalized spacial score (nSPS) is 44.6. The molecule has 32 heavy (non-hydrogen) atoms. The van der Waals surface area contributed by atoms with E-state index in [0.29, 0.717) is 18.3 Å². The molecule has 178 valence electrons. The lowest BCUT2D eigenvalue weighted by Crippen LogP contribution is -2.65. The summed E-state index contributed by atoms with van der Waals surface area (Å²) in [6, 6.07) is 0. The van der Waals surface area contributed by atoms with Crippen molar-refractivity contribution in [1.29, 1.82) is 0 Å². The van der Waals surface area contributed by atoms with E-state index >= 15 is 0 Å². The third-order valence-electron chi connectivity index (χ3n) is 9.51. The summed E-state index contributed by atoms with van der Waals surface area (Å²) in [6.45, 7) is 11.2. The van der Waals surface area contributed by atoms with E-state index in [1.807, 2.05) is 0 Å². The number of esters is 3. The Labute approximate surface area is 191 Å². The van der Waals surface area contributed by atoms with Gasteiger partial charge < -0.3 is 14.2 Å². The van der Waals surface area contributed by atoms with Crippen molar-refractivity contribution >= 4 is 17.9 Å². The van der Waals surface area contributed by atoms with E-state index < -0.39 is 5.41 Å². The Morgan fingerprint density at radius 3 is 2.22 bits per heavy atom. The van der Waals surface area contributed by atoms with Crippen molar-refractivity contribution in [2.24, 2.45) is 34.0 Å². The summed E-state index contributed by atoms with van der Waals surface area (Å²) in [7, 11) is 0. The molecule has 0 N–H and O–H groups in total. The number of fused-ring (bicyclic) bond motifs is 3. The van der Waals surface area contributed by atoms with Crippen LogP contribution in [0.4, 0.5) is 0 Å². The minimum Gasteiger partial charge on any atom is -0.465 e. The molecule has 0 aromatic rings. The van der Waals surface area contributed by atoms with E-state index in [0.717, 1.165) is 32.1 Å². The maximum Gasteiger partial charge on any atom is 0.302 e. The highest BCUT2D eigenvalue weighted by Gasteiger charge is 2.69. The van der Waals surface area contributed by atoms with Gasteiger partial charge in [-0.15, -0.1) is 0 Å². The van der Waals surface area contributed by atoms with Gasteiger partial charge in [0.15, 0.2) is 0 Å². The molecule has 0 radical (unpaired) electrons. The van der Waals surface area contributed by atoms with Gasteiger partial charge in [0.05, 0.1) is 0 Å². The number of hydrogen-bond donors (Lipinski definition) is 0. The molecule has 0 heterocycles. The summed E-state index contributed by atoms with van der Waals surface area (Å²) in [6.07, 6.45) is 7.60. The van der Waals surface area contributed by atoms with Crippen LogP contribution < -0.4 is 0 Å². The van der Waals surface area contributed by atoms with Gasteiger partial charge in [-0.1, -0.05) is 25.5 Å². The molecule has 1 unspecified atom stereocenters. The molecular formula is C26H38O6. The maximum atomic E-state index is 12.2. The quantitative estimate of drug-likeness (QED) is 0.357. The molecule has 3 saturated carbocycles. The second-order valence-electron chi connectivity index (χ2n) is 11.3. The van der Waals surface area contributed by atoms with Gasteiger partial charge in [-0.3, -0.25) is 14.4 Å². The van der Waals surface area contributed by atoms with Crippen molar-refractivity contribution in [3.8, 4) is 0 Å². The molecule has 0 amide bonds. The average Bonchev–Trinajstić information content (AvgIpc) is 2.94. The molecular weight excluding hydrogens is 408 g/mol. The van der Waals surface area contributed by atoms with Crippen LogP contribution in [0, 0.1) is 34.0 Å². The SMILES string of the molecule is CC(=O)OC[C@]1(C)[C@H]2C[C@H](OC(C)=O)[C@]34C=C(C)C(CC[C@H]3[C@]2(C)CC[C@H]1OC(C)=O)C4. The van der Waals surface area contributed by atoms with E-state index in [-0.39, 0.29) is 53.5 Å². The molecule has 6 heteroatoms. The topological polar surface area (TPSA) is 78.9 Å². The molecule has 2 bridgehead atoms. The van der Waals surface area contributed by atoms with E-state index in [9.17, 15) is 14.4 Å². The number of allylic oxidation sites excluding steroid dienone is 1. The van der Waals surface area contributed by atoms with Crippen molar-refractivity contribution < 1.29 is 28.6 Å². The van der Waals surface area contributed by atoms with Crippen LogP contribution in [0.1, 0.15) is 80.1 Å². The molecule has 0 aromatic heterocycles. The molecule has 0 saturated heterocycles. The molecule has 6 nitrogen and oxygen atoms in total. The Morgan fingerprint density at radius 2 is 1.59 bits per heavy atom. The standard InChI is InChI=1S/C26H38O6/c1-15-12-26-13-19(15)7-8-20(26)24(5)10-9-22(31-17(3)28)25(6,14-30-16(2)27)21(24)11-23(26)32-18(4)29/h12,19-23H,7-11,13-14H2,1-6H3/t19?,20-,21-,22+,23-,24-,25+,26-/m0/s1. The monoisotopic (exact) mass is 446 g/mol. The first-order valence-corrected chi connectivity index (χ1v) is 12.1. The lowest BCUT2D eigenvalue weighted by atomic mass is 9.40. The Hall–Kier alpha value is -1.85. The molecule has 8 atom stereocenters. The van der Waals surface area contributed by atoms with E-state index in [2.05, 4.69) is 26.8 Å². The molecule has 1 spiro atoms. The van der Waals surface area contributed by atoms with Gasteiger partial charge in [0.2, 0.25) is 0 Å². The highest BCUT2D eigenvalue weighted by molar-refractivity contribution is 5.67. The summed E-state index contributed by atoms with van der Waals surface area (Å²) in [5.74, 6) is 0.153. The maximum absolute atomic E-state index is 12.2. The predicted octanol–water partition coefficient (Wildman–Crippen LogP) is 4.60. The lowest BCUT2D eigenvalue weighted by Gasteiger charge is -2.66. The van der Waals surface area contributed by atoms with Crippen LogP contribution in [0.25, 0.3) is 0 Å². The Morgan fingerprint density at radius 1 is 0.938 bits per heavy atom. The minimum absolute atomic E-state index is 0.0196. The van der Waals surface area contributed by atoms with Crippen molar-refractivity contribution in [2.45, 2.75) is 92.3 Å². The van der Waals surface area contributed by atoms with Crippen LogP contribution in [0.3, 0.4) is 0 Å². The Kier molecular flexibility index (Phi) is 5.74. The van der Waals surface area contributed by atoms with Gasteiger partial charge in [-0.05, 0) is 68.6 Å². The van der Waals surface area contributed by atoms with E-state index in [1.54, 1.807) is 0 Å². The second-order valence-corrected chi connectivity index (χ2v) is 11.3. The summed E-state index contributed by atoms with van der Waals surface area (Å²) < 4.78 is 17.4. The zero-order valence-corrected chi connectivity index (χ0v) is 20.4. The average molecular weight is 447 g/mol. The molecule has 0 aromatic carbocycles. The summed E-state index contributed by atoms with van der Waals surface area (Å²) in [5, 5.41) is 0. The minimum atomic E-state index is -0.543. The molecule has 3 fully saturated rings. The van der Waals surface area contributed by atoms with Crippen LogP contribution in [0.2, 0.25) is 0 Å². The van der Waals surface area contributed by atoms with Crippen molar-refractivity contribution in [1.82, 2.24) is 0 Å². The fourth-order valence-electron chi connectivity index (χ4n) is 8.31. The Bertz CT molecular complexity index is 847. The highest BCUT2D eigenvalue weighted by atomic mass is 16.6. The summed E-state index contributed by atoms with van der Waals surface area (Å²) in [5.41, 5.74) is 0.746. The van der Waals surface area contributed by atoms with Crippen LogP contribution in [0.5, 0.6) is 0 Å². The van der Waals surface area contributed by atoms with E-state index in [4.69, 9.17) is 14.2 Å². The first-order valence-electron chi connectivity index (χ1n) is 12.1. The number of rotatable bonds is 4. The molecule has 0 aliphatic heterocycles. The van der Waals surface area contributed by atoms with Gasteiger partial charge in [0.25, 0.3) is 0 Å². The fraction of sp³-hybridized carbons (Fsp3) is 0.808. The predicted molar refractivity (Wildman–Crippen MR) is 118 cm³/mol.